The Hall–Kier alpha value is -4.05. The molecule has 0 aliphatic heterocycles. The first-order chi connectivity index (χ1) is 19.6. The van der Waals surface area contributed by atoms with Gasteiger partial charge in [-0.05, 0) is 81.3 Å². The Labute approximate surface area is 243 Å². The van der Waals surface area contributed by atoms with Crippen LogP contribution in [-0.4, -0.2) is 58.0 Å². The first-order valence-electron chi connectivity index (χ1n) is 13.7. The summed E-state index contributed by atoms with van der Waals surface area (Å²) in [4.78, 5) is 28.6. The Morgan fingerprint density at radius 3 is 2.02 bits per heavy atom. The van der Waals surface area contributed by atoms with Crippen molar-refractivity contribution < 1.29 is 27.5 Å². The highest BCUT2D eigenvalue weighted by atomic mass is 32.2. The molecule has 0 aliphatic carbocycles. The van der Waals surface area contributed by atoms with E-state index in [-0.39, 0.29) is 17.3 Å². The largest absolute Gasteiger partial charge is 0.497 e. The molecular formula is C31H39N3O6S. The molecule has 3 aromatic carbocycles. The monoisotopic (exact) mass is 581 g/mol. The van der Waals surface area contributed by atoms with Crippen LogP contribution >= 0.6 is 0 Å². The molecule has 41 heavy (non-hydrogen) atoms. The Balaban J connectivity index is 2.05. The Morgan fingerprint density at radius 2 is 1.49 bits per heavy atom. The normalized spacial score (nSPS) is 11.8. The van der Waals surface area contributed by atoms with Crippen LogP contribution in [0.3, 0.4) is 0 Å². The van der Waals surface area contributed by atoms with E-state index in [4.69, 9.17) is 9.47 Å². The third kappa shape index (κ3) is 8.00. The maximum atomic E-state index is 14.1. The van der Waals surface area contributed by atoms with Gasteiger partial charge in [0.1, 0.15) is 24.1 Å². The van der Waals surface area contributed by atoms with E-state index in [1.165, 1.54) is 17.0 Å². The smallest absolute Gasteiger partial charge is 0.264 e. The van der Waals surface area contributed by atoms with Crippen molar-refractivity contribution in [1.82, 2.24) is 10.2 Å². The van der Waals surface area contributed by atoms with Crippen LogP contribution in [0.1, 0.15) is 38.3 Å². The fourth-order valence-electron chi connectivity index (χ4n) is 4.38. The molecule has 0 bridgehead atoms. The van der Waals surface area contributed by atoms with E-state index in [1.807, 2.05) is 39.8 Å². The number of methoxy groups -OCH3 is 1. The summed E-state index contributed by atoms with van der Waals surface area (Å²) in [6.07, 6.45) is 0.349. The maximum absolute atomic E-state index is 14.1. The van der Waals surface area contributed by atoms with Crippen LogP contribution in [0.15, 0.2) is 77.7 Å². The van der Waals surface area contributed by atoms with E-state index in [0.717, 1.165) is 15.4 Å². The van der Waals surface area contributed by atoms with Gasteiger partial charge >= 0.3 is 0 Å². The lowest BCUT2D eigenvalue weighted by molar-refractivity contribution is -0.140. The number of carbonyl (C=O) groups excluding carboxylic acids is 2. The fraction of sp³-hybridized carbons (Fsp3) is 0.355. The van der Waals surface area contributed by atoms with Crippen molar-refractivity contribution >= 4 is 27.5 Å². The minimum atomic E-state index is -4.14. The molecule has 0 spiro atoms. The predicted octanol–water partition coefficient (Wildman–Crippen LogP) is 4.54. The summed E-state index contributed by atoms with van der Waals surface area (Å²) in [5.74, 6) is 0.432. The minimum Gasteiger partial charge on any atom is -0.497 e. The number of nitrogens with one attached hydrogen (secondary N) is 1. The number of likely N-dealkylation sites (N-methyl/N-ethyl adjacent to an activating group) is 1. The van der Waals surface area contributed by atoms with Crippen LogP contribution in [0.4, 0.5) is 5.69 Å². The Morgan fingerprint density at radius 1 is 0.878 bits per heavy atom. The van der Waals surface area contributed by atoms with Crippen LogP contribution in [0.2, 0.25) is 0 Å². The number of rotatable bonds is 14. The van der Waals surface area contributed by atoms with Gasteiger partial charge < -0.3 is 19.7 Å². The molecule has 0 radical (unpaired) electrons. The molecule has 0 saturated heterocycles. The lowest BCUT2D eigenvalue weighted by atomic mass is 10.1. The number of ether oxygens (including phenoxy) is 2. The third-order valence-corrected chi connectivity index (χ3v) is 8.36. The van der Waals surface area contributed by atoms with E-state index in [1.54, 1.807) is 55.6 Å². The summed E-state index contributed by atoms with van der Waals surface area (Å²) in [6.45, 7) is 7.83. The van der Waals surface area contributed by atoms with E-state index in [0.29, 0.717) is 36.8 Å². The summed E-state index contributed by atoms with van der Waals surface area (Å²) in [5, 5.41) is 2.80. The van der Waals surface area contributed by atoms with Crippen molar-refractivity contribution in [2.24, 2.45) is 0 Å². The van der Waals surface area contributed by atoms with E-state index in [2.05, 4.69) is 5.32 Å². The van der Waals surface area contributed by atoms with Crippen LogP contribution < -0.4 is 19.1 Å². The summed E-state index contributed by atoms with van der Waals surface area (Å²) in [7, 11) is -2.57. The second-order valence-corrected chi connectivity index (χ2v) is 11.3. The average molecular weight is 582 g/mol. The molecule has 0 aromatic heterocycles. The number of aryl methyl sites for hydroxylation is 1. The zero-order chi connectivity index (χ0) is 30.0. The molecular weight excluding hydrogens is 542 g/mol. The van der Waals surface area contributed by atoms with Gasteiger partial charge in [-0.2, -0.15) is 0 Å². The van der Waals surface area contributed by atoms with Gasteiger partial charge in [0.05, 0.1) is 24.3 Å². The standard InChI is InChI=1S/C31H39N3O6S/c1-6-29(31(36)32-7-2)33(21-24-11-15-26(39-5)16-12-24)30(35)22-34(25-13-17-27(18-14-25)40-8-3)41(37,38)28-19-9-23(4)10-20-28/h9-20,29H,6-8,21-22H2,1-5H3,(H,32,36)/t29-/m1/s1. The van der Waals surface area contributed by atoms with Crippen LogP contribution in [0.5, 0.6) is 11.5 Å². The van der Waals surface area contributed by atoms with Gasteiger partial charge in [-0.3, -0.25) is 13.9 Å². The molecule has 0 fully saturated rings. The van der Waals surface area contributed by atoms with E-state index < -0.39 is 28.5 Å². The molecule has 9 nitrogen and oxygen atoms in total. The maximum Gasteiger partial charge on any atom is 0.264 e. The highest BCUT2D eigenvalue weighted by molar-refractivity contribution is 7.92. The van der Waals surface area contributed by atoms with Gasteiger partial charge in [-0.25, -0.2) is 8.42 Å². The molecule has 3 aromatic rings. The Kier molecular flexibility index (Phi) is 11.2. The number of hydrogen-bond donors (Lipinski definition) is 1. The van der Waals surface area contributed by atoms with Crippen molar-refractivity contribution in [3.05, 3.63) is 83.9 Å². The Bertz CT molecular complexity index is 1390. The van der Waals surface area contributed by atoms with E-state index in [9.17, 15) is 18.0 Å². The van der Waals surface area contributed by atoms with Gasteiger partial charge in [-0.1, -0.05) is 36.8 Å². The topological polar surface area (TPSA) is 105 Å². The summed E-state index contributed by atoms with van der Waals surface area (Å²) >= 11 is 0. The van der Waals surface area contributed by atoms with Gasteiger partial charge in [0.25, 0.3) is 10.0 Å². The molecule has 220 valence electrons. The lowest BCUT2D eigenvalue weighted by Crippen LogP contribution is -2.52. The van der Waals surface area contributed by atoms with Crippen molar-refractivity contribution in [2.45, 2.75) is 51.6 Å². The van der Waals surface area contributed by atoms with Gasteiger partial charge in [0, 0.05) is 13.1 Å². The number of sulfonamides is 1. The second-order valence-electron chi connectivity index (χ2n) is 9.44. The predicted molar refractivity (Wildman–Crippen MR) is 160 cm³/mol. The first-order valence-corrected chi connectivity index (χ1v) is 15.1. The van der Waals surface area contributed by atoms with Crippen molar-refractivity contribution in [2.75, 3.05) is 31.1 Å². The van der Waals surface area contributed by atoms with Gasteiger partial charge in [0.2, 0.25) is 11.8 Å². The summed E-state index contributed by atoms with van der Waals surface area (Å²) in [6, 6.07) is 19.4. The van der Waals surface area contributed by atoms with Crippen molar-refractivity contribution in [3.63, 3.8) is 0 Å². The fourth-order valence-corrected chi connectivity index (χ4v) is 5.79. The SMILES string of the molecule is CCNC(=O)[C@@H](CC)N(Cc1ccc(OC)cc1)C(=O)CN(c1ccc(OCC)cc1)S(=O)(=O)c1ccc(C)cc1. The first kappa shape index (κ1) is 31.5. The van der Waals surface area contributed by atoms with Crippen LogP contribution in [-0.2, 0) is 26.2 Å². The number of carbonyl (C=O) groups is 2. The van der Waals surface area contributed by atoms with Gasteiger partial charge in [0.15, 0.2) is 0 Å². The highest BCUT2D eigenvalue weighted by Gasteiger charge is 2.33. The van der Waals surface area contributed by atoms with Gasteiger partial charge in [-0.15, -0.1) is 0 Å². The van der Waals surface area contributed by atoms with E-state index >= 15 is 0 Å². The number of hydrogen-bond acceptors (Lipinski definition) is 6. The van der Waals surface area contributed by atoms with Crippen molar-refractivity contribution in [1.29, 1.82) is 0 Å². The summed E-state index contributed by atoms with van der Waals surface area (Å²) < 4.78 is 39.8. The third-order valence-electron chi connectivity index (χ3n) is 6.57. The highest BCUT2D eigenvalue weighted by Crippen LogP contribution is 2.27. The molecule has 1 atom stereocenters. The molecule has 1 N–H and O–H groups in total. The van der Waals surface area contributed by atoms with Crippen LogP contribution in [0.25, 0.3) is 0 Å². The lowest BCUT2D eigenvalue weighted by Gasteiger charge is -2.33. The number of benzene rings is 3. The molecule has 0 unspecified atom stereocenters. The quantitative estimate of drug-likeness (QED) is 0.300. The molecule has 2 amide bonds. The summed E-state index contributed by atoms with van der Waals surface area (Å²) in [5.41, 5.74) is 1.99. The van der Waals surface area contributed by atoms with Crippen molar-refractivity contribution in [3.8, 4) is 11.5 Å². The number of nitrogens with zero attached hydrogens (tertiary/aromatic N) is 2. The second kappa shape index (κ2) is 14.5. The zero-order valence-electron chi connectivity index (χ0n) is 24.3. The number of amides is 2. The zero-order valence-corrected chi connectivity index (χ0v) is 25.1. The molecule has 0 heterocycles. The molecule has 3 rings (SSSR count). The average Bonchev–Trinajstić information content (AvgIpc) is 2.97. The molecule has 0 saturated carbocycles. The molecule has 10 heteroatoms. The van der Waals surface area contributed by atoms with Crippen LogP contribution in [0, 0.1) is 6.92 Å². The number of anilines is 1. The molecule has 0 aliphatic rings. The minimum absolute atomic E-state index is 0.0576.